The van der Waals surface area contributed by atoms with Crippen molar-refractivity contribution in [3.63, 3.8) is 0 Å². The van der Waals surface area contributed by atoms with E-state index in [-0.39, 0.29) is 17.6 Å². The van der Waals surface area contributed by atoms with Gasteiger partial charge in [-0.25, -0.2) is 4.98 Å². The number of rotatable bonds is 3. The number of hydrogen-bond acceptors (Lipinski definition) is 2. The Morgan fingerprint density at radius 2 is 1.79 bits per heavy atom. The van der Waals surface area contributed by atoms with Gasteiger partial charge in [0.25, 0.3) is 5.91 Å². The van der Waals surface area contributed by atoms with Crippen LogP contribution in [0.25, 0.3) is 5.69 Å². The summed E-state index contributed by atoms with van der Waals surface area (Å²) < 4.78 is 41.3. The molecule has 0 unspecified atom stereocenters. The maximum absolute atomic E-state index is 13.5. The second-order valence-electron chi connectivity index (χ2n) is 6.53. The fraction of sp³-hybridized carbons (Fsp3) is 0.375. The summed E-state index contributed by atoms with van der Waals surface area (Å²) in [5, 5.41) is 2.89. The average molecular weight is 360 g/mol. The van der Waals surface area contributed by atoms with Crippen molar-refractivity contribution in [2.45, 2.75) is 26.9 Å². The van der Waals surface area contributed by atoms with Crippen LogP contribution in [0.2, 0.25) is 5.02 Å². The Kier molecular flexibility index (Phi) is 4.94. The first-order valence-corrected chi connectivity index (χ1v) is 7.55. The van der Waals surface area contributed by atoms with Gasteiger partial charge in [0.05, 0.1) is 0 Å². The van der Waals surface area contributed by atoms with Gasteiger partial charge in [0, 0.05) is 17.3 Å². The fourth-order valence-corrected chi connectivity index (χ4v) is 2.14. The largest absolute Gasteiger partial charge is 0.434 e. The first kappa shape index (κ1) is 18.3. The minimum absolute atomic E-state index is 0.217. The number of benzene rings is 1. The molecule has 8 heteroatoms. The van der Waals surface area contributed by atoms with Crippen LogP contribution in [0.15, 0.2) is 30.6 Å². The van der Waals surface area contributed by atoms with Gasteiger partial charge in [-0.05, 0) is 29.7 Å². The molecule has 130 valence electrons. The quantitative estimate of drug-likeness (QED) is 0.887. The van der Waals surface area contributed by atoms with Gasteiger partial charge >= 0.3 is 6.18 Å². The van der Waals surface area contributed by atoms with Crippen molar-refractivity contribution in [1.29, 1.82) is 0 Å². The van der Waals surface area contributed by atoms with Crippen LogP contribution < -0.4 is 5.32 Å². The zero-order valence-corrected chi connectivity index (χ0v) is 14.2. The maximum Gasteiger partial charge on any atom is 0.434 e. The van der Waals surface area contributed by atoms with Crippen molar-refractivity contribution in [3.05, 3.63) is 47.0 Å². The molecular weight excluding hydrogens is 343 g/mol. The van der Waals surface area contributed by atoms with E-state index >= 15 is 0 Å². The van der Waals surface area contributed by atoms with Crippen LogP contribution in [0.4, 0.5) is 13.2 Å². The maximum atomic E-state index is 13.5. The van der Waals surface area contributed by atoms with Crippen LogP contribution in [0.1, 0.15) is 37.0 Å². The Balaban J connectivity index is 2.43. The summed E-state index contributed by atoms with van der Waals surface area (Å²) in [7, 11) is 0. The molecule has 0 aliphatic heterocycles. The van der Waals surface area contributed by atoms with Crippen molar-refractivity contribution in [2.75, 3.05) is 6.54 Å². The summed E-state index contributed by atoms with van der Waals surface area (Å²) in [5.41, 5.74) is -1.81. The van der Waals surface area contributed by atoms with Gasteiger partial charge in [-0.15, -0.1) is 0 Å². The zero-order valence-electron chi connectivity index (χ0n) is 13.4. The molecule has 0 aliphatic carbocycles. The highest BCUT2D eigenvalue weighted by molar-refractivity contribution is 6.30. The van der Waals surface area contributed by atoms with Crippen LogP contribution in [0.5, 0.6) is 0 Å². The van der Waals surface area contributed by atoms with Gasteiger partial charge in [0.15, 0.2) is 11.4 Å². The predicted octanol–water partition coefficient (Wildman–Crippen LogP) is 4.32. The predicted molar refractivity (Wildman–Crippen MR) is 85.4 cm³/mol. The molecule has 1 aromatic heterocycles. The second kappa shape index (κ2) is 6.47. The SMILES string of the molecule is CC(C)(C)CNC(=O)c1ncn(-c2ccc(Cl)cc2)c1C(F)(F)F. The minimum atomic E-state index is -4.73. The molecule has 1 aromatic carbocycles. The van der Waals surface area contributed by atoms with E-state index in [2.05, 4.69) is 10.3 Å². The first-order valence-electron chi connectivity index (χ1n) is 7.18. The molecule has 1 heterocycles. The molecule has 0 spiro atoms. The lowest BCUT2D eigenvalue weighted by molar-refractivity contribution is -0.142. The van der Waals surface area contributed by atoms with Gasteiger partial charge < -0.3 is 5.32 Å². The minimum Gasteiger partial charge on any atom is -0.350 e. The van der Waals surface area contributed by atoms with Gasteiger partial charge in [0.2, 0.25) is 0 Å². The number of nitrogens with one attached hydrogen (secondary N) is 1. The third kappa shape index (κ3) is 4.29. The van der Waals surface area contributed by atoms with E-state index in [1.54, 1.807) is 0 Å². The summed E-state index contributed by atoms with van der Waals surface area (Å²) in [4.78, 5) is 15.8. The number of halogens is 4. The highest BCUT2D eigenvalue weighted by Crippen LogP contribution is 2.33. The number of amides is 1. The number of nitrogens with zero attached hydrogens (tertiary/aromatic N) is 2. The van der Waals surface area contributed by atoms with E-state index in [0.29, 0.717) is 5.02 Å². The molecule has 0 radical (unpaired) electrons. The number of hydrogen-bond donors (Lipinski definition) is 1. The molecular formula is C16H17ClF3N3O. The van der Waals surface area contributed by atoms with Crippen molar-refractivity contribution < 1.29 is 18.0 Å². The van der Waals surface area contributed by atoms with Crippen LogP contribution in [0, 0.1) is 5.41 Å². The molecule has 4 nitrogen and oxygen atoms in total. The summed E-state index contributed by atoms with van der Waals surface area (Å²) in [6.45, 7) is 5.83. The molecule has 0 saturated carbocycles. The molecule has 0 fully saturated rings. The number of aromatic nitrogens is 2. The lowest BCUT2D eigenvalue weighted by Crippen LogP contribution is -2.33. The van der Waals surface area contributed by atoms with E-state index in [0.717, 1.165) is 10.9 Å². The number of carbonyl (C=O) groups excluding carboxylic acids is 1. The van der Waals surface area contributed by atoms with Crippen molar-refractivity contribution in [1.82, 2.24) is 14.9 Å². The van der Waals surface area contributed by atoms with E-state index in [4.69, 9.17) is 11.6 Å². The third-order valence-electron chi connectivity index (χ3n) is 3.14. The second-order valence-corrected chi connectivity index (χ2v) is 6.97. The Morgan fingerprint density at radius 1 is 1.21 bits per heavy atom. The van der Waals surface area contributed by atoms with Crippen LogP contribution >= 0.6 is 11.6 Å². The molecule has 1 amide bonds. The zero-order chi connectivity index (χ0) is 18.1. The molecule has 24 heavy (non-hydrogen) atoms. The van der Waals surface area contributed by atoms with Crippen LogP contribution in [-0.2, 0) is 6.18 Å². The molecule has 0 saturated heterocycles. The van der Waals surface area contributed by atoms with E-state index in [1.165, 1.54) is 24.3 Å². The van der Waals surface area contributed by atoms with Gasteiger partial charge in [-0.2, -0.15) is 13.2 Å². The van der Waals surface area contributed by atoms with E-state index < -0.39 is 23.5 Å². The Labute approximate surface area is 142 Å². The summed E-state index contributed by atoms with van der Waals surface area (Å²) in [6.07, 6.45) is -3.75. The lowest BCUT2D eigenvalue weighted by Gasteiger charge is -2.19. The monoisotopic (exact) mass is 359 g/mol. The standard InChI is InChI=1S/C16H17ClF3N3O/c1-15(2,3)8-21-14(24)12-13(16(18,19)20)23(9-22-12)11-6-4-10(17)5-7-11/h4-7,9H,8H2,1-3H3,(H,21,24). The van der Waals surface area contributed by atoms with E-state index in [9.17, 15) is 18.0 Å². The van der Waals surface area contributed by atoms with Crippen molar-refractivity contribution >= 4 is 17.5 Å². The summed E-state index contributed by atoms with van der Waals surface area (Å²) >= 11 is 5.76. The smallest absolute Gasteiger partial charge is 0.350 e. The van der Waals surface area contributed by atoms with E-state index in [1.807, 2.05) is 20.8 Å². The molecule has 0 bridgehead atoms. The lowest BCUT2D eigenvalue weighted by atomic mass is 9.97. The highest BCUT2D eigenvalue weighted by atomic mass is 35.5. The number of alkyl halides is 3. The molecule has 2 aromatic rings. The molecule has 1 N–H and O–H groups in total. The number of imidazole rings is 1. The Bertz CT molecular complexity index is 731. The van der Waals surface area contributed by atoms with Crippen molar-refractivity contribution in [2.24, 2.45) is 5.41 Å². The van der Waals surface area contributed by atoms with Gasteiger partial charge in [0.1, 0.15) is 6.33 Å². The molecule has 2 rings (SSSR count). The third-order valence-corrected chi connectivity index (χ3v) is 3.39. The normalized spacial score (nSPS) is 12.3. The van der Waals surface area contributed by atoms with Crippen molar-refractivity contribution in [3.8, 4) is 5.69 Å². The van der Waals surface area contributed by atoms with Gasteiger partial charge in [-0.3, -0.25) is 9.36 Å². The highest BCUT2D eigenvalue weighted by Gasteiger charge is 2.40. The Hall–Kier alpha value is -2.02. The Morgan fingerprint density at radius 3 is 2.29 bits per heavy atom. The average Bonchev–Trinajstić information content (AvgIpc) is 2.90. The van der Waals surface area contributed by atoms with Crippen LogP contribution in [0.3, 0.4) is 0 Å². The fourth-order valence-electron chi connectivity index (χ4n) is 2.01. The first-order chi connectivity index (χ1) is 11.0. The summed E-state index contributed by atoms with van der Waals surface area (Å²) in [6, 6.07) is 5.79. The van der Waals surface area contributed by atoms with Gasteiger partial charge in [-0.1, -0.05) is 32.4 Å². The van der Waals surface area contributed by atoms with Crippen LogP contribution in [-0.4, -0.2) is 22.0 Å². The summed E-state index contributed by atoms with van der Waals surface area (Å²) in [5.74, 6) is -0.857. The number of carbonyl (C=O) groups is 1. The molecule has 0 aliphatic rings. The molecule has 0 atom stereocenters. The topological polar surface area (TPSA) is 46.9 Å².